The molecule has 35 heavy (non-hydrogen) atoms. The quantitative estimate of drug-likeness (QED) is 0.600. The largest absolute Gasteiger partial charge is 0.355 e. The molecule has 1 aliphatic carbocycles. The number of para-hydroxylation sites is 1. The van der Waals surface area contributed by atoms with Crippen molar-refractivity contribution in [1.29, 1.82) is 0 Å². The fraction of sp³-hybridized carbons (Fsp3) is 0.429. The molecular formula is C28H34N4O3. The van der Waals surface area contributed by atoms with Gasteiger partial charge in [0.15, 0.2) is 0 Å². The Balaban J connectivity index is 1.66. The van der Waals surface area contributed by atoms with Crippen molar-refractivity contribution in [3.8, 4) is 0 Å². The smallest absolute Gasteiger partial charge is 0.272 e. The minimum atomic E-state index is -1.17. The second-order valence-electron chi connectivity index (χ2n) is 9.86. The Morgan fingerprint density at radius 3 is 2.37 bits per heavy atom. The van der Waals surface area contributed by atoms with Crippen LogP contribution in [-0.4, -0.2) is 43.2 Å². The number of benzodiazepines with no additional fused rings is 1. The molecule has 1 aliphatic heterocycles. The number of hydrogen-bond donors (Lipinski definition) is 2. The molecule has 3 amide bonds. The average molecular weight is 475 g/mol. The van der Waals surface area contributed by atoms with Gasteiger partial charge in [0.1, 0.15) is 5.41 Å². The maximum atomic E-state index is 13.6. The van der Waals surface area contributed by atoms with Gasteiger partial charge >= 0.3 is 0 Å². The summed E-state index contributed by atoms with van der Waals surface area (Å²) in [5.41, 5.74) is 1.85. The second kappa shape index (κ2) is 10.4. The summed E-state index contributed by atoms with van der Waals surface area (Å²) >= 11 is 0. The molecule has 2 aliphatic rings. The van der Waals surface area contributed by atoms with Gasteiger partial charge in [0.2, 0.25) is 18.0 Å². The summed E-state index contributed by atoms with van der Waals surface area (Å²) in [5, 5.41) is 5.82. The van der Waals surface area contributed by atoms with Gasteiger partial charge in [-0.05, 0) is 31.2 Å². The zero-order chi connectivity index (χ0) is 25.0. The van der Waals surface area contributed by atoms with Crippen molar-refractivity contribution < 1.29 is 14.4 Å². The van der Waals surface area contributed by atoms with Gasteiger partial charge in [-0.25, -0.2) is 4.99 Å². The van der Waals surface area contributed by atoms with Crippen LogP contribution >= 0.6 is 0 Å². The number of fused-ring (bicyclic) bond motifs is 1. The zero-order valence-electron chi connectivity index (χ0n) is 20.7. The van der Waals surface area contributed by atoms with Crippen LogP contribution in [0.15, 0.2) is 59.6 Å². The minimum absolute atomic E-state index is 0.252. The molecule has 1 heterocycles. The zero-order valence-corrected chi connectivity index (χ0v) is 20.7. The first kappa shape index (κ1) is 24.6. The molecule has 0 radical (unpaired) electrons. The van der Waals surface area contributed by atoms with Crippen molar-refractivity contribution in [3.05, 3.63) is 65.7 Å². The van der Waals surface area contributed by atoms with Crippen molar-refractivity contribution in [2.75, 3.05) is 18.5 Å². The van der Waals surface area contributed by atoms with E-state index in [1.807, 2.05) is 54.6 Å². The number of aliphatic imine (C=N–C) groups is 1. The molecule has 2 N–H and O–H groups in total. The second-order valence-corrected chi connectivity index (χ2v) is 9.86. The Labute approximate surface area is 207 Å². The normalized spacial score (nSPS) is 19.1. The number of nitrogens with zero attached hydrogens (tertiary/aromatic N) is 2. The fourth-order valence-corrected chi connectivity index (χ4v) is 4.88. The lowest BCUT2D eigenvalue weighted by molar-refractivity contribution is -0.144. The van der Waals surface area contributed by atoms with Crippen LogP contribution in [0.4, 0.5) is 5.69 Å². The van der Waals surface area contributed by atoms with Crippen molar-refractivity contribution in [3.63, 3.8) is 0 Å². The van der Waals surface area contributed by atoms with Crippen LogP contribution in [0.3, 0.4) is 0 Å². The van der Waals surface area contributed by atoms with Gasteiger partial charge in [0, 0.05) is 24.7 Å². The average Bonchev–Trinajstić information content (AvgIpc) is 3.34. The van der Waals surface area contributed by atoms with Gasteiger partial charge in [-0.3, -0.25) is 14.4 Å². The lowest BCUT2D eigenvalue weighted by Crippen LogP contribution is -2.55. The van der Waals surface area contributed by atoms with Crippen LogP contribution < -0.4 is 15.5 Å². The number of carbonyl (C=O) groups is 3. The number of nitrogens with one attached hydrogen (secondary N) is 2. The Hall–Kier alpha value is -3.48. The number of rotatable bonds is 7. The molecule has 1 atom stereocenters. The summed E-state index contributed by atoms with van der Waals surface area (Å²) in [6.07, 6.45) is 2.26. The summed E-state index contributed by atoms with van der Waals surface area (Å²) in [6.45, 7) is 4.72. The highest BCUT2D eigenvalue weighted by molar-refractivity contribution is 6.20. The highest BCUT2D eigenvalue weighted by Gasteiger charge is 2.49. The number of anilines is 1. The highest BCUT2D eigenvalue weighted by Crippen LogP contribution is 2.39. The molecule has 0 bridgehead atoms. The Morgan fingerprint density at radius 1 is 1.03 bits per heavy atom. The predicted molar refractivity (Wildman–Crippen MR) is 137 cm³/mol. The van der Waals surface area contributed by atoms with Gasteiger partial charge in [-0.2, -0.15) is 0 Å². The monoisotopic (exact) mass is 474 g/mol. The van der Waals surface area contributed by atoms with E-state index < -0.39 is 17.5 Å². The van der Waals surface area contributed by atoms with E-state index in [4.69, 9.17) is 4.99 Å². The molecule has 0 unspecified atom stereocenters. The molecule has 4 rings (SSSR count). The van der Waals surface area contributed by atoms with Gasteiger partial charge < -0.3 is 15.5 Å². The molecule has 0 spiro atoms. The molecule has 2 aromatic carbocycles. The molecular weight excluding hydrogens is 440 g/mol. The van der Waals surface area contributed by atoms with E-state index >= 15 is 0 Å². The molecule has 1 saturated carbocycles. The third-order valence-corrected chi connectivity index (χ3v) is 6.99. The molecule has 2 aromatic rings. The van der Waals surface area contributed by atoms with Gasteiger partial charge in [0.05, 0.1) is 11.4 Å². The van der Waals surface area contributed by atoms with Gasteiger partial charge in [0.25, 0.3) is 5.91 Å². The Morgan fingerprint density at radius 2 is 1.69 bits per heavy atom. The van der Waals surface area contributed by atoms with E-state index in [1.54, 1.807) is 7.05 Å². The van der Waals surface area contributed by atoms with Crippen molar-refractivity contribution in [2.24, 2.45) is 16.3 Å². The van der Waals surface area contributed by atoms with Crippen LogP contribution in [0.2, 0.25) is 0 Å². The van der Waals surface area contributed by atoms with Gasteiger partial charge in [-0.15, -0.1) is 0 Å². The van der Waals surface area contributed by atoms with Crippen LogP contribution in [0, 0.1) is 11.3 Å². The van der Waals surface area contributed by atoms with Crippen LogP contribution in [0.25, 0.3) is 0 Å². The predicted octanol–water partition coefficient (Wildman–Crippen LogP) is 3.67. The lowest BCUT2D eigenvalue weighted by atomic mass is 9.83. The lowest BCUT2D eigenvalue weighted by Gasteiger charge is -2.29. The fourth-order valence-electron chi connectivity index (χ4n) is 4.88. The number of likely N-dealkylation sites (N-methyl/N-ethyl adjacent to an activating group) is 1. The molecule has 184 valence electrons. The molecule has 0 saturated heterocycles. The standard InChI is InChI=1S/C28H34N4O3/c1-19(2)15-18-29-26(34)28(16-9-10-17-28)27(35)31-24-25(33)32(3)22-14-8-7-13-21(22)23(30-24)20-11-5-4-6-12-20/h4-8,11-14,19,24H,9-10,15-18H2,1-3H3,(H,29,34)(H,31,35)/t24-/m1/s1. The molecule has 7 nitrogen and oxygen atoms in total. The molecule has 0 aromatic heterocycles. The van der Waals surface area contributed by atoms with E-state index in [2.05, 4.69) is 24.5 Å². The molecule has 1 fully saturated rings. The van der Waals surface area contributed by atoms with Crippen LogP contribution in [0.5, 0.6) is 0 Å². The van der Waals surface area contributed by atoms with E-state index in [0.29, 0.717) is 31.0 Å². The van der Waals surface area contributed by atoms with E-state index in [9.17, 15) is 14.4 Å². The Kier molecular flexibility index (Phi) is 7.34. The van der Waals surface area contributed by atoms with E-state index in [0.717, 1.165) is 36.1 Å². The topological polar surface area (TPSA) is 90.9 Å². The summed E-state index contributed by atoms with van der Waals surface area (Å²) in [6, 6.07) is 17.2. The van der Waals surface area contributed by atoms with Gasteiger partial charge in [-0.1, -0.05) is 75.2 Å². The summed E-state index contributed by atoms with van der Waals surface area (Å²) in [5.74, 6) is -0.565. The summed E-state index contributed by atoms with van der Waals surface area (Å²) in [4.78, 5) is 46.6. The minimum Gasteiger partial charge on any atom is -0.355 e. The van der Waals surface area contributed by atoms with Crippen LogP contribution in [0.1, 0.15) is 57.1 Å². The Bertz CT molecular complexity index is 1120. The highest BCUT2D eigenvalue weighted by atomic mass is 16.2. The number of carbonyl (C=O) groups excluding carboxylic acids is 3. The molecule has 7 heteroatoms. The first-order valence-electron chi connectivity index (χ1n) is 12.4. The maximum Gasteiger partial charge on any atom is 0.272 e. The van der Waals surface area contributed by atoms with Crippen LogP contribution in [-0.2, 0) is 14.4 Å². The third-order valence-electron chi connectivity index (χ3n) is 6.99. The summed E-state index contributed by atoms with van der Waals surface area (Å²) < 4.78 is 0. The number of amides is 3. The number of benzene rings is 2. The van der Waals surface area contributed by atoms with Crippen molar-refractivity contribution in [1.82, 2.24) is 10.6 Å². The van der Waals surface area contributed by atoms with E-state index in [1.165, 1.54) is 4.90 Å². The summed E-state index contributed by atoms with van der Waals surface area (Å²) in [7, 11) is 1.69. The van der Waals surface area contributed by atoms with Crippen molar-refractivity contribution >= 4 is 29.1 Å². The van der Waals surface area contributed by atoms with Crippen molar-refractivity contribution in [2.45, 2.75) is 52.1 Å². The van der Waals surface area contributed by atoms with E-state index in [-0.39, 0.29) is 11.8 Å². The number of hydrogen-bond acceptors (Lipinski definition) is 4. The first-order chi connectivity index (χ1) is 16.8. The maximum absolute atomic E-state index is 13.6. The SMILES string of the molecule is CC(C)CCNC(=O)C1(C(=O)N[C@H]2N=C(c3ccccc3)c3ccccc3N(C)C2=O)CCCC1. The third kappa shape index (κ3) is 4.99. The first-order valence-corrected chi connectivity index (χ1v) is 12.4.